The van der Waals surface area contributed by atoms with Gasteiger partial charge in [-0.25, -0.2) is 4.39 Å². The summed E-state index contributed by atoms with van der Waals surface area (Å²) in [4.78, 5) is 11.7. The van der Waals surface area contributed by atoms with Crippen molar-refractivity contribution in [1.29, 1.82) is 0 Å². The molecule has 0 aliphatic heterocycles. The number of rotatable bonds is 3. The average molecular weight is 242 g/mol. The molecule has 0 aromatic heterocycles. The van der Waals surface area contributed by atoms with Crippen molar-refractivity contribution in [3.63, 3.8) is 0 Å². The highest BCUT2D eigenvalue weighted by Gasteiger charge is 2.17. The SMILES string of the molecule is CC(C)(C)SCC(=O)c1cc(F)ccc1O. The van der Waals surface area contributed by atoms with Crippen molar-refractivity contribution < 1.29 is 14.3 Å². The van der Waals surface area contributed by atoms with Gasteiger partial charge in [-0.15, -0.1) is 11.8 Å². The molecule has 0 fully saturated rings. The second-order valence-electron chi connectivity index (χ2n) is 4.49. The molecule has 0 saturated heterocycles. The Kier molecular flexibility index (Phi) is 3.97. The van der Waals surface area contributed by atoms with Gasteiger partial charge in [0.25, 0.3) is 0 Å². The molecule has 0 atom stereocenters. The zero-order valence-corrected chi connectivity index (χ0v) is 10.4. The molecule has 0 radical (unpaired) electrons. The lowest BCUT2D eigenvalue weighted by Crippen LogP contribution is -2.13. The number of Topliss-reactive ketones (excluding diaryl/α,β-unsaturated/α-hetero) is 1. The van der Waals surface area contributed by atoms with Crippen LogP contribution < -0.4 is 0 Å². The second kappa shape index (κ2) is 4.87. The van der Waals surface area contributed by atoms with E-state index >= 15 is 0 Å². The maximum Gasteiger partial charge on any atom is 0.176 e. The highest BCUT2D eigenvalue weighted by Crippen LogP contribution is 2.26. The van der Waals surface area contributed by atoms with Crippen LogP contribution in [0.3, 0.4) is 0 Å². The van der Waals surface area contributed by atoms with E-state index < -0.39 is 5.82 Å². The fraction of sp³-hybridized carbons (Fsp3) is 0.417. The number of phenols is 1. The summed E-state index contributed by atoms with van der Waals surface area (Å²) in [5, 5.41) is 9.44. The van der Waals surface area contributed by atoms with E-state index in [1.165, 1.54) is 17.8 Å². The van der Waals surface area contributed by atoms with E-state index in [4.69, 9.17) is 0 Å². The van der Waals surface area contributed by atoms with Crippen LogP contribution in [0.25, 0.3) is 0 Å². The molecular formula is C12H15FO2S. The summed E-state index contributed by atoms with van der Waals surface area (Å²) in [6.07, 6.45) is 0. The Hall–Kier alpha value is -1.03. The van der Waals surface area contributed by atoms with E-state index in [1.807, 2.05) is 20.8 Å². The molecule has 0 amide bonds. The molecule has 0 aliphatic carbocycles. The molecular weight excluding hydrogens is 227 g/mol. The zero-order chi connectivity index (χ0) is 12.3. The van der Waals surface area contributed by atoms with E-state index in [0.717, 1.165) is 12.1 Å². The molecule has 1 rings (SSSR count). The normalized spacial score (nSPS) is 11.5. The summed E-state index contributed by atoms with van der Waals surface area (Å²) in [6, 6.07) is 3.40. The molecule has 0 heterocycles. The van der Waals surface area contributed by atoms with E-state index in [-0.39, 0.29) is 27.6 Å². The third-order valence-electron chi connectivity index (χ3n) is 1.90. The van der Waals surface area contributed by atoms with Crippen LogP contribution in [-0.2, 0) is 0 Å². The minimum absolute atomic E-state index is 0.0292. The first-order chi connectivity index (χ1) is 7.29. The summed E-state index contributed by atoms with van der Waals surface area (Å²) >= 11 is 1.47. The van der Waals surface area contributed by atoms with Gasteiger partial charge in [-0.05, 0) is 18.2 Å². The largest absolute Gasteiger partial charge is 0.507 e. The first-order valence-electron chi connectivity index (χ1n) is 4.95. The van der Waals surface area contributed by atoms with Gasteiger partial charge in [-0.3, -0.25) is 4.79 Å². The fourth-order valence-electron chi connectivity index (χ4n) is 1.09. The van der Waals surface area contributed by atoms with Crippen LogP contribution in [-0.4, -0.2) is 21.4 Å². The van der Waals surface area contributed by atoms with Gasteiger partial charge in [-0.2, -0.15) is 0 Å². The number of halogens is 1. The van der Waals surface area contributed by atoms with Crippen LogP contribution in [0.1, 0.15) is 31.1 Å². The minimum Gasteiger partial charge on any atom is -0.507 e. The van der Waals surface area contributed by atoms with E-state index in [1.54, 1.807) is 0 Å². The number of ketones is 1. The highest BCUT2D eigenvalue weighted by atomic mass is 32.2. The van der Waals surface area contributed by atoms with Crippen LogP contribution in [0.5, 0.6) is 5.75 Å². The molecule has 0 bridgehead atoms. The van der Waals surface area contributed by atoms with Crippen molar-refractivity contribution in [2.45, 2.75) is 25.5 Å². The molecule has 88 valence electrons. The van der Waals surface area contributed by atoms with Gasteiger partial charge in [-0.1, -0.05) is 20.8 Å². The Labute approximate surface area is 98.9 Å². The summed E-state index contributed by atoms with van der Waals surface area (Å²) < 4.78 is 12.9. The van der Waals surface area contributed by atoms with Crippen molar-refractivity contribution in [2.75, 3.05) is 5.75 Å². The van der Waals surface area contributed by atoms with Gasteiger partial charge < -0.3 is 5.11 Å². The molecule has 0 spiro atoms. The Morgan fingerprint density at radius 3 is 2.62 bits per heavy atom. The van der Waals surface area contributed by atoms with Crippen molar-refractivity contribution >= 4 is 17.5 Å². The van der Waals surface area contributed by atoms with E-state index in [2.05, 4.69) is 0 Å². The van der Waals surface area contributed by atoms with Crippen molar-refractivity contribution in [1.82, 2.24) is 0 Å². The molecule has 0 unspecified atom stereocenters. The topological polar surface area (TPSA) is 37.3 Å². The van der Waals surface area contributed by atoms with Crippen molar-refractivity contribution in [3.05, 3.63) is 29.6 Å². The molecule has 0 aliphatic rings. The van der Waals surface area contributed by atoms with Gasteiger partial charge in [0.15, 0.2) is 5.78 Å². The zero-order valence-electron chi connectivity index (χ0n) is 9.58. The van der Waals surface area contributed by atoms with Crippen LogP contribution in [0, 0.1) is 5.82 Å². The molecule has 1 aromatic rings. The standard InChI is InChI=1S/C12H15FO2S/c1-12(2,3)16-7-11(15)9-6-8(13)4-5-10(9)14/h4-6,14H,7H2,1-3H3. The number of carbonyl (C=O) groups is 1. The quantitative estimate of drug-likeness (QED) is 0.827. The summed E-state index contributed by atoms with van der Waals surface area (Å²) in [5.41, 5.74) is 0.0525. The number of hydrogen-bond donors (Lipinski definition) is 1. The van der Waals surface area contributed by atoms with Gasteiger partial charge in [0.05, 0.1) is 11.3 Å². The van der Waals surface area contributed by atoms with Gasteiger partial charge in [0.1, 0.15) is 11.6 Å². The van der Waals surface area contributed by atoms with Gasteiger partial charge in [0, 0.05) is 4.75 Å². The molecule has 4 heteroatoms. The van der Waals surface area contributed by atoms with Crippen molar-refractivity contribution in [2.24, 2.45) is 0 Å². The predicted molar refractivity (Wildman–Crippen MR) is 64.6 cm³/mol. The number of phenolic OH excluding ortho intramolecular Hbond substituents is 1. The Bertz CT molecular complexity index is 396. The summed E-state index contributed by atoms with van der Waals surface area (Å²) in [7, 11) is 0. The molecule has 16 heavy (non-hydrogen) atoms. The number of aromatic hydroxyl groups is 1. The maximum absolute atomic E-state index is 12.9. The molecule has 0 saturated carbocycles. The highest BCUT2D eigenvalue weighted by molar-refractivity contribution is 8.01. The first-order valence-corrected chi connectivity index (χ1v) is 5.94. The van der Waals surface area contributed by atoms with E-state index in [9.17, 15) is 14.3 Å². The Morgan fingerprint density at radius 2 is 2.06 bits per heavy atom. The summed E-state index contributed by atoms with van der Waals surface area (Å²) in [6.45, 7) is 5.99. The summed E-state index contributed by atoms with van der Waals surface area (Å²) in [5.74, 6) is -0.694. The Balaban J connectivity index is 2.77. The third kappa shape index (κ3) is 3.85. The van der Waals surface area contributed by atoms with Crippen LogP contribution in [0.4, 0.5) is 4.39 Å². The minimum atomic E-state index is -0.512. The average Bonchev–Trinajstić information content (AvgIpc) is 2.17. The number of thioether (sulfide) groups is 1. The third-order valence-corrected chi connectivity index (χ3v) is 3.17. The monoisotopic (exact) mass is 242 g/mol. The van der Waals surface area contributed by atoms with Crippen molar-refractivity contribution in [3.8, 4) is 5.75 Å². The number of benzene rings is 1. The van der Waals surface area contributed by atoms with Crippen LogP contribution in [0.2, 0.25) is 0 Å². The first kappa shape index (κ1) is 13.0. The number of hydrogen-bond acceptors (Lipinski definition) is 3. The molecule has 1 N–H and O–H groups in total. The molecule has 1 aromatic carbocycles. The lowest BCUT2D eigenvalue weighted by Gasteiger charge is -2.16. The Morgan fingerprint density at radius 1 is 1.44 bits per heavy atom. The van der Waals surface area contributed by atoms with Crippen LogP contribution in [0.15, 0.2) is 18.2 Å². The fourth-order valence-corrected chi connectivity index (χ4v) is 1.81. The second-order valence-corrected chi connectivity index (χ2v) is 6.29. The number of carbonyl (C=O) groups excluding carboxylic acids is 1. The lowest BCUT2D eigenvalue weighted by atomic mass is 10.1. The van der Waals surface area contributed by atoms with E-state index in [0.29, 0.717) is 0 Å². The maximum atomic E-state index is 12.9. The molecule has 2 nitrogen and oxygen atoms in total. The van der Waals surface area contributed by atoms with Crippen LogP contribution >= 0.6 is 11.8 Å². The predicted octanol–water partition coefficient (Wildman–Crippen LogP) is 3.25. The van der Waals surface area contributed by atoms with Gasteiger partial charge >= 0.3 is 0 Å². The smallest absolute Gasteiger partial charge is 0.176 e. The lowest BCUT2D eigenvalue weighted by molar-refractivity contribution is 0.101. The van der Waals surface area contributed by atoms with Gasteiger partial charge in [0.2, 0.25) is 0 Å².